The molecule has 2 aromatic heterocycles. The van der Waals surface area contributed by atoms with Gasteiger partial charge in [-0.3, -0.25) is 0 Å². The van der Waals surface area contributed by atoms with Crippen molar-refractivity contribution in [1.82, 2.24) is 9.97 Å². The summed E-state index contributed by atoms with van der Waals surface area (Å²) in [6.07, 6.45) is 2.84. The zero-order chi connectivity index (χ0) is 11.9. The molecule has 0 aromatic carbocycles. The van der Waals surface area contributed by atoms with E-state index in [1.54, 1.807) is 12.1 Å². The van der Waals surface area contributed by atoms with Crippen molar-refractivity contribution in [3.63, 3.8) is 0 Å². The summed E-state index contributed by atoms with van der Waals surface area (Å²) in [5.74, 6) is -1.08. The van der Waals surface area contributed by atoms with E-state index in [1.807, 2.05) is 0 Å². The molecule has 1 saturated heterocycles. The van der Waals surface area contributed by atoms with Crippen LogP contribution in [0.25, 0.3) is 0 Å². The first-order valence-electron chi connectivity index (χ1n) is 5.09. The minimum absolute atomic E-state index is 0.466. The van der Waals surface area contributed by atoms with Gasteiger partial charge in [-0.2, -0.15) is 8.78 Å². The van der Waals surface area contributed by atoms with Gasteiger partial charge in [-0.05, 0) is 24.3 Å². The fourth-order valence-corrected chi connectivity index (χ4v) is 1.80. The van der Waals surface area contributed by atoms with Crippen LogP contribution in [0.2, 0.25) is 0 Å². The van der Waals surface area contributed by atoms with Crippen molar-refractivity contribution in [3.05, 3.63) is 59.7 Å². The summed E-state index contributed by atoms with van der Waals surface area (Å²) in [5, 5.41) is 0. The highest BCUT2D eigenvalue weighted by atomic mass is 19.1. The molecule has 86 valence electrons. The lowest BCUT2D eigenvalue weighted by atomic mass is 9.94. The molecule has 1 fully saturated rings. The normalized spacial score (nSPS) is 16.8. The number of aromatic nitrogens is 2. The highest BCUT2D eigenvalue weighted by molar-refractivity contribution is 5.38. The van der Waals surface area contributed by atoms with Gasteiger partial charge in [0.05, 0.1) is 6.61 Å². The van der Waals surface area contributed by atoms with Gasteiger partial charge in [-0.15, -0.1) is 0 Å². The van der Waals surface area contributed by atoms with Crippen molar-refractivity contribution < 1.29 is 13.5 Å². The van der Waals surface area contributed by atoms with Crippen molar-refractivity contribution in [2.75, 3.05) is 6.61 Å². The van der Waals surface area contributed by atoms with E-state index < -0.39 is 17.5 Å². The van der Waals surface area contributed by atoms with Crippen molar-refractivity contribution >= 4 is 0 Å². The molecule has 3 heterocycles. The van der Waals surface area contributed by atoms with Gasteiger partial charge in [0.15, 0.2) is 0 Å². The molecule has 1 aliphatic heterocycles. The quantitative estimate of drug-likeness (QED) is 0.589. The Morgan fingerprint density at radius 1 is 0.941 bits per heavy atom. The first-order chi connectivity index (χ1) is 8.21. The molecule has 0 spiro atoms. The zero-order valence-electron chi connectivity index (χ0n) is 8.73. The smallest absolute Gasteiger partial charge is 0.212 e. The molecule has 0 aliphatic carbocycles. The van der Waals surface area contributed by atoms with Gasteiger partial charge in [0.1, 0.15) is 5.60 Å². The minimum atomic E-state index is -0.638. The van der Waals surface area contributed by atoms with Crippen molar-refractivity contribution in [2.24, 2.45) is 0 Å². The maximum absolute atomic E-state index is 12.7. The molecule has 0 bridgehead atoms. The molecule has 0 N–H and O–H groups in total. The summed E-state index contributed by atoms with van der Waals surface area (Å²) in [6, 6.07) is 5.77. The van der Waals surface area contributed by atoms with Crippen LogP contribution in [0.3, 0.4) is 0 Å². The van der Waals surface area contributed by atoms with Gasteiger partial charge >= 0.3 is 0 Å². The van der Waals surface area contributed by atoms with Crippen LogP contribution in [0.5, 0.6) is 0 Å². The Bertz CT molecular complexity index is 488. The maximum Gasteiger partial charge on any atom is 0.212 e. The second-order valence-electron chi connectivity index (χ2n) is 3.85. The van der Waals surface area contributed by atoms with E-state index in [-0.39, 0.29) is 0 Å². The molecule has 17 heavy (non-hydrogen) atoms. The Morgan fingerprint density at radius 3 is 1.71 bits per heavy atom. The SMILES string of the molecule is Fc1ccc(C2(c3ccc(F)nc3)CO2)cn1. The number of halogens is 2. The average molecular weight is 234 g/mol. The van der Waals surface area contributed by atoms with Gasteiger partial charge in [0.2, 0.25) is 11.9 Å². The molecule has 0 amide bonds. The molecule has 2 aromatic rings. The lowest BCUT2D eigenvalue weighted by Gasteiger charge is -2.11. The number of pyridine rings is 2. The third-order valence-electron chi connectivity index (χ3n) is 2.82. The maximum atomic E-state index is 12.7. The molecule has 3 nitrogen and oxygen atoms in total. The number of hydrogen-bond acceptors (Lipinski definition) is 3. The summed E-state index contributed by atoms with van der Waals surface area (Å²) in [4.78, 5) is 7.17. The van der Waals surface area contributed by atoms with E-state index in [2.05, 4.69) is 9.97 Å². The second kappa shape index (κ2) is 3.56. The Labute approximate surface area is 96.1 Å². The Morgan fingerprint density at radius 2 is 1.41 bits per heavy atom. The average Bonchev–Trinajstić information content (AvgIpc) is 3.12. The Balaban J connectivity index is 2.01. The van der Waals surface area contributed by atoms with Crippen LogP contribution in [0.15, 0.2) is 36.7 Å². The van der Waals surface area contributed by atoms with Crippen LogP contribution in [-0.2, 0) is 10.3 Å². The molecule has 0 radical (unpaired) electrons. The van der Waals surface area contributed by atoms with E-state index in [0.29, 0.717) is 6.61 Å². The molecular formula is C12H8F2N2O. The summed E-state index contributed by atoms with van der Waals surface area (Å²) in [7, 11) is 0. The molecule has 0 unspecified atom stereocenters. The predicted molar refractivity (Wildman–Crippen MR) is 55.1 cm³/mol. The van der Waals surface area contributed by atoms with Crippen LogP contribution in [0.1, 0.15) is 11.1 Å². The largest absolute Gasteiger partial charge is 0.359 e. The third kappa shape index (κ3) is 1.68. The molecule has 5 heteroatoms. The predicted octanol–water partition coefficient (Wildman–Crippen LogP) is 2.03. The van der Waals surface area contributed by atoms with Gasteiger partial charge in [-0.25, -0.2) is 9.97 Å². The van der Waals surface area contributed by atoms with Crippen molar-refractivity contribution in [2.45, 2.75) is 5.60 Å². The molecule has 0 atom stereocenters. The van der Waals surface area contributed by atoms with Gasteiger partial charge < -0.3 is 4.74 Å². The first-order valence-corrected chi connectivity index (χ1v) is 5.09. The van der Waals surface area contributed by atoms with E-state index in [1.165, 1.54) is 24.5 Å². The summed E-state index contributed by atoms with van der Waals surface area (Å²) >= 11 is 0. The Kier molecular flexibility index (Phi) is 2.16. The van der Waals surface area contributed by atoms with Crippen LogP contribution in [0, 0.1) is 11.9 Å². The summed E-state index contributed by atoms with van der Waals surface area (Å²) < 4.78 is 30.9. The molecule has 1 aliphatic rings. The first kappa shape index (κ1) is 10.3. The highest BCUT2D eigenvalue weighted by Gasteiger charge is 2.48. The van der Waals surface area contributed by atoms with Crippen LogP contribution >= 0.6 is 0 Å². The topological polar surface area (TPSA) is 38.3 Å². The van der Waals surface area contributed by atoms with E-state index in [9.17, 15) is 8.78 Å². The number of epoxide rings is 1. The van der Waals surface area contributed by atoms with E-state index in [0.717, 1.165) is 11.1 Å². The number of hydrogen-bond donors (Lipinski definition) is 0. The summed E-state index contributed by atoms with van der Waals surface area (Å²) in [5.41, 5.74) is 0.848. The fraction of sp³-hybridized carbons (Fsp3) is 0.167. The van der Waals surface area contributed by atoms with Crippen LogP contribution in [0.4, 0.5) is 8.78 Å². The number of ether oxygens (including phenoxy) is 1. The molecular weight excluding hydrogens is 226 g/mol. The van der Waals surface area contributed by atoms with Gasteiger partial charge in [-0.1, -0.05) is 0 Å². The van der Waals surface area contributed by atoms with E-state index in [4.69, 9.17) is 4.74 Å². The summed E-state index contributed by atoms with van der Waals surface area (Å²) in [6.45, 7) is 0.466. The minimum Gasteiger partial charge on any atom is -0.359 e. The Hall–Kier alpha value is -1.88. The highest BCUT2D eigenvalue weighted by Crippen LogP contribution is 2.44. The second-order valence-corrected chi connectivity index (χ2v) is 3.85. The lowest BCUT2D eigenvalue weighted by Crippen LogP contribution is -2.12. The third-order valence-corrected chi connectivity index (χ3v) is 2.82. The molecule has 3 rings (SSSR count). The number of nitrogens with zero attached hydrogens (tertiary/aromatic N) is 2. The van der Waals surface area contributed by atoms with Crippen molar-refractivity contribution in [3.8, 4) is 0 Å². The van der Waals surface area contributed by atoms with Crippen LogP contribution in [-0.4, -0.2) is 16.6 Å². The zero-order valence-corrected chi connectivity index (χ0v) is 8.73. The number of rotatable bonds is 2. The van der Waals surface area contributed by atoms with Crippen molar-refractivity contribution in [1.29, 1.82) is 0 Å². The standard InChI is InChI=1S/C12H8F2N2O/c13-10-3-1-8(5-15-10)12(7-17-12)9-2-4-11(14)16-6-9/h1-6H,7H2. The fourth-order valence-electron chi connectivity index (χ4n) is 1.80. The lowest BCUT2D eigenvalue weighted by molar-refractivity contribution is 0.347. The van der Waals surface area contributed by atoms with Crippen LogP contribution < -0.4 is 0 Å². The van der Waals surface area contributed by atoms with E-state index >= 15 is 0 Å². The monoisotopic (exact) mass is 234 g/mol. The molecule has 0 saturated carbocycles. The van der Waals surface area contributed by atoms with Gasteiger partial charge in [0.25, 0.3) is 0 Å². The van der Waals surface area contributed by atoms with Gasteiger partial charge in [0, 0.05) is 23.5 Å².